The summed E-state index contributed by atoms with van der Waals surface area (Å²) in [5.41, 5.74) is 0.198. The van der Waals surface area contributed by atoms with Crippen molar-refractivity contribution < 1.29 is 33.4 Å². The van der Waals surface area contributed by atoms with Crippen molar-refractivity contribution in [1.82, 2.24) is 14.7 Å². The second-order valence-corrected chi connectivity index (χ2v) is 7.45. The highest BCUT2D eigenvalue weighted by atomic mass is 16.5. The standard InChI is InChI=1S/C22H27N3O7/c1-13(26)24-8-10-25(11-9-24)20-19(23(2)16(27)12-30-3)21(28)17-14(31-4)6-7-15(32-5)18(17)22(20)29/h6-7H,8-12H2,1-5H3. The van der Waals surface area contributed by atoms with Gasteiger partial charge in [-0.2, -0.15) is 0 Å². The number of carbonyl (C=O) groups excluding carboxylic acids is 4. The molecule has 0 radical (unpaired) electrons. The predicted octanol–water partition coefficient (Wildman–Crippen LogP) is 0.563. The van der Waals surface area contributed by atoms with Gasteiger partial charge in [0.05, 0.1) is 25.3 Å². The van der Waals surface area contributed by atoms with Crippen LogP contribution in [-0.4, -0.2) is 99.2 Å². The van der Waals surface area contributed by atoms with E-state index < -0.39 is 17.5 Å². The lowest BCUT2D eigenvalue weighted by Crippen LogP contribution is -2.51. The summed E-state index contributed by atoms with van der Waals surface area (Å²) in [6, 6.07) is 3.12. The largest absolute Gasteiger partial charge is 0.496 e. The van der Waals surface area contributed by atoms with Crippen molar-refractivity contribution in [3.05, 3.63) is 34.7 Å². The summed E-state index contributed by atoms with van der Waals surface area (Å²) < 4.78 is 15.7. The molecule has 0 atom stereocenters. The van der Waals surface area contributed by atoms with E-state index in [1.54, 1.807) is 21.9 Å². The normalized spacial score (nSPS) is 16.2. The molecule has 32 heavy (non-hydrogen) atoms. The lowest BCUT2D eigenvalue weighted by atomic mass is 9.87. The number of Topliss-reactive ketones (excluding diaryl/α,β-unsaturated/α-hetero) is 2. The van der Waals surface area contributed by atoms with Gasteiger partial charge in [-0.1, -0.05) is 0 Å². The van der Waals surface area contributed by atoms with E-state index in [1.165, 1.54) is 35.3 Å². The van der Waals surface area contributed by atoms with Gasteiger partial charge >= 0.3 is 0 Å². The molecule has 2 aliphatic rings. The number of allylic oxidation sites excluding steroid dienone is 2. The number of nitrogens with zero attached hydrogens (tertiary/aromatic N) is 3. The summed E-state index contributed by atoms with van der Waals surface area (Å²) in [7, 11) is 5.63. The van der Waals surface area contributed by atoms with E-state index in [1.807, 2.05) is 0 Å². The molecule has 1 heterocycles. The predicted molar refractivity (Wildman–Crippen MR) is 114 cm³/mol. The number of methoxy groups -OCH3 is 3. The molecule has 0 unspecified atom stereocenters. The van der Waals surface area contributed by atoms with Gasteiger partial charge in [-0.25, -0.2) is 0 Å². The van der Waals surface area contributed by atoms with E-state index >= 15 is 0 Å². The lowest BCUT2D eigenvalue weighted by molar-refractivity contribution is -0.132. The van der Waals surface area contributed by atoms with Crippen LogP contribution in [0.15, 0.2) is 23.5 Å². The Morgan fingerprint density at radius 2 is 1.47 bits per heavy atom. The van der Waals surface area contributed by atoms with Crippen molar-refractivity contribution in [2.75, 3.05) is 61.2 Å². The second kappa shape index (κ2) is 9.39. The highest BCUT2D eigenvalue weighted by molar-refractivity contribution is 6.29. The van der Waals surface area contributed by atoms with Gasteiger partial charge in [0, 0.05) is 47.3 Å². The van der Waals surface area contributed by atoms with Gasteiger partial charge in [0.1, 0.15) is 29.5 Å². The van der Waals surface area contributed by atoms with Crippen LogP contribution in [0.2, 0.25) is 0 Å². The molecule has 10 heteroatoms. The van der Waals surface area contributed by atoms with Crippen molar-refractivity contribution in [1.29, 1.82) is 0 Å². The Kier molecular flexibility index (Phi) is 6.83. The van der Waals surface area contributed by atoms with E-state index in [-0.39, 0.29) is 46.5 Å². The molecular formula is C22H27N3O7. The maximum absolute atomic E-state index is 13.8. The van der Waals surface area contributed by atoms with E-state index in [9.17, 15) is 19.2 Å². The Bertz CT molecular complexity index is 993. The van der Waals surface area contributed by atoms with Gasteiger partial charge in [0.25, 0.3) is 5.91 Å². The molecule has 0 saturated carbocycles. The molecule has 2 amide bonds. The van der Waals surface area contributed by atoms with Crippen LogP contribution in [0.25, 0.3) is 0 Å². The van der Waals surface area contributed by atoms with Crippen LogP contribution in [-0.2, 0) is 14.3 Å². The Labute approximate surface area is 186 Å². The Morgan fingerprint density at radius 1 is 0.938 bits per heavy atom. The second-order valence-electron chi connectivity index (χ2n) is 7.45. The number of ketones is 2. The zero-order valence-electron chi connectivity index (χ0n) is 18.9. The summed E-state index contributed by atoms with van der Waals surface area (Å²) in [4.78, 5) is 56.4. The van der Waals surface area contributed by atoms with Crippen LogP contribution in [0, 0.1) is 0 Å². The van der Waals surface area contributed by atoms with Gasteiger partial charge in [-0.3, -0.25) is 19.2 Å². The van der Waals surface area contributed by atoms with Crippen LogP contribution >= 0.6 is 0 Å². The summed E-state index contributed by atoms with van der Waals surface area (Å²) in [6.45, 7) is 2.70. The topological polar surface area (TPSA) is 106 Å². The number of hydrogen-bond acceptors (Lipinski definition) is 8. The minimum Gasteiger partial charge on any atom is -0.496 e. The number of carbonyl (C=O) groups is 4. The Hall–Kier alpha value is -3.40. The van der Waals surface area contributed by atoms with Crippen LogP contribution in [0.1, 0.15) is 27.6 Å². The number of hydrogen-bond donors (Lipinski definition) is 0. The van der Waals surface area contributed by atoms with Crippen LogP contribution in [0.4, 0.5) is 0 Å². The first-order valence-corrected chi connectivity index (χ1v) is 10.1. The highest BCUT2D eigenvalue weighted by Crippen LogP contribution is 2.40. The molecule has 1 aliphatic heterocycles. The van der Waals surface area contributed by atoms with Crippen molar-refractivity contribution >= 4 is 23.4 Å². The number of likely N-dealkylation sites (N-methyl/N-ethyl adjacent to an activating group) is 1. The number of amides is 2. The fourth-order valence-corrected chi connectivity index (χ4v) is 4.00. The van der Waals surface area contributed by atoms with E-state index in [0.29, 0.717) is 26.2 Å². The van der Waals surface area contributed by atoms with Crippen LogP contribution < -0.4 is 9.47 Å². The maximum Gasteiger partial charge on any atom is 0.252 e. The first-order valence-electron chi connectivity index (χ1n) is 10.1. The van der Waals surface area contributed by atoms with Crippen LogP contribution in [0.5, 0.6) is 11.5 Å². The molecule has 10 nitrogen and oxygen atoms in total. The van der Waals surface area contributed by atoms with Crippen molar-refractivity contribution in [3.8, 4) is 11.5 Å². The zero-order chi connectivity index (χ0) is 23.6. The minimum atomic E-state index is -0.522. The van der Waals surface area contributed by atoms with Crippen molar-refractivity contribution in [2.24, 2.45) is 0 Å². The summed E-state index contributed by atoms with van der Waals surface area (Å²) >= 11 is 0. The fraction of sp³-hybridized carbons (Fsp3) is 0.455. The summed E-state index contributed by atoms with van der Waals surface area (Å²) in [6.07, 6.45) is 0. The maximum atomic E-state index is 13.8. The Balaban J connectivity index is 2.18. The molecule has 3 rings (SSSR count). The monoisotopic (exact) mass is 445 g/mol. The van der Waals surface area contributed by atoms with Crippen LogP contribution in [0.3, 0.4) is 0 Å². The number of ether oxygens (including phenoxy) is 3. The number of piperazine rings is 1. The quantitative estimate of drug-likeness (QED) is 0.626. The summed E-state index contributed by atoms with van der Waals surface area (Å²) in [5.74, 6) is -1.05. The zero-order valence-corrected chi connectivity index (χ0v) is 18.9. The SMILES string of the molecule is COCC(=O)N(C)C1=C(N2CCN(C(C)=O)CC2)C(=O)c2c(OC)ccc(OC)c2C1=O. The molecule has 1 aromatic rings. The van der Waals surface area contributed by atoms with Gasteiger partial charge in [0.15, 0.2) is 0 Å². The van der Waals surface area contributed by atoms with Gasteiger partial charge < -0.3 is 28.9 Å². The molecular weight excluding hydrogens is 418 g/mol. The minimum absolute atomic E-state index is 0.0487. The smallest absolute Gasteiger partial charge is 0.252 e. The molecule has 0 aromatic heterocycles. The third-order valence-electron chi connectivity index (χ3n) is 5.70. The van der Waals surface area contributed by atoms with Gasteiger partial charge in [0.2, 0.25) is 17.5 Å². The number of fused-ring (bicyclic) bond motifs is 1. The van der Waals surface area contributed by atoms with E-state index in [2.05, 4.69) is 0 Å². The lowest BCUT2D eigenvalue weighted by Gasteiger charge is -2.39. The van der Waals surface area contributed by atoms with Gasteiger partial charge in [-0.05, 0) is 12.1 Å². The third kappa shape index (κ3) is 3.93. The molecule has 1 saturated heterocycles. The molecule has 0 spiro atoms. The first-order chi connectivity index (χ1) is 15.3. The fourth-order valence-electron chi connectivity index (χ4n) is 4.00. The Morgan fingerprint density at radius 3 is 1.94 bits per heavy atom. The number of benzene rings is 1. The number of rotatable bonds is 6. The van der Waals surface area contributed by atoms with Gasteiger partial charge in [-0.15, -0.1) is 0 Å². The molecule has 1 fully saturated rings. The van der Waals surface area contributed by atoms with E-state index in [4.69, 9.17) is 14.2 Å². The third-order valence-corrected chi connectivity index (χ3v) is 5.70. The molecule has 0 bridgehead atoms. The molecule has 0 N–H and O–H groups in total. The van der Waals surface area contributed by atoms with Crippen molar-refractivity contribution in [3.63, 3.8) is 0 Å². The molecule has 1 aliphatic carbocycles. The average Bonchev–Trinajstić information content (AvgIpc) is 2.79. The molecule has 1 aromatic carbocycles. The average molecular weight is 445 g/mol. The van der Waals surface area contributed by atoms with Crippen molar-refractivity contribution in [2.45, 2.75) is 6.92 Å². The first kappa shape index (κ1) is 23.3. The van der Waals surface area contributed by atoms with E-state index in [0.717, 1.165) is 4.90 Å². The highest BCUT2D eigenvalue weighted by Gasteiger charge is 2.42. The summed E-state index contributed by atoms with van der Waals surface area (Å²) in [5, 5.41) is 0. The molecule has 172 valence electrons.